The minimum absolute atomic E-state index is 0.640. The molecule has 152 valence electrons. The number of nitrogens with zero attached hydrogens (tertiary/aromatic N) is 4. The Labute approximate surface area is 176 Å². The average Bonchev–Trinajstić information content (AvgIpc) is 2.78. The van der Waals surface area contributed by atoms with Gasteiger partial charge >= 0.3 is 0 Å². The highest BCUT2D eigenvalue weighted by Crippen LogP contribution is 2.27. The van der Waals surface area contributed by atoms with Gasteiger partial charge in [-0.15, -0.1) is 0 Å². The van der Waals surface area contributed by atoms with Gasteiger partial charge in [0.15, 0.2) is 0 Å². The average molecular weight is 399 g/mol. The van der Waals surface area contributed by atoms with E-state index in [9.17, 15) is 0 Å². The molecule has 0 amide bonds. The fourth-order valence-electron chi connectivity index (χ4n) is 3.48. The van der Waals surface area contributed by atoms with E-state index in [1.165, 1.54) is 5.56 Å². The summed E-state index contributed by atoms with van der Waals surface area (Å²) in [6, 6.07) is 14.2. The fourth-order valence-corrected chi connectivity index (χ4v) is 3.48. The van der Waals surface area contributed by atoms with E-state index in [2.05, 4.69) is 40.0 Å². The minimum atomic E-state index is 0.640. The first-order valence-corrected chi connectivity index (χ1v) is 9.93. The van der Waals surface area contributed by atoms with E-state index in [1.807, 2.05) is 43.6 Å². The maximum absolute atomic E-state index is 5.92. The van der Waals surface area contributed by atoms with Gasteiger partial charge in [-0.3, -0.25) is 9.97 Å². The molecule has 2 N–H and O–H groups in total. The topological polar surface area (TPSA) is 77.2 Å². The van der Waals surface area contributed by atoms with Crippen LogP contribution >= 0.6 is 0 Å². The normalized spacial score (nSPS) is 10.9. The number of aryl methyl sites for hydroxylation is 1. The summed E-state index contributed by atoms with van der Waals surface area (Å²) >= 11 is 0. The van der Waals surface area contributed by atoms with Crippen LogP contribution in [0.5, 0.6) is 5.75 Å². The molecule has 3 heterocycles. The van der Waals surface area contributed by atoms with E-state index in [0.29, 0.717) is 5.69 Å². The van der Waals surface area contributed by atoms with Crippen molar-refractivity contribution in [2.45, 2.75) is 20.4 Å². The molecule has 4 aromatic rings. The van der Waals surface area contributed by atoms with Crippen LogP contribution in [0, 0.1) is 6.92 Å². The fraction of sp³-hybridized carbons (Fsp3) is 0.208. The van der Waals surface area contributed by atoms with Crippen LogP contribution in [0.2, 0.25) is 0 Å². The van der Waals surface area contributed by atoms with Crippen molar-refractivity contribution in [3.63, 3.8) is 0 Å². The Morgan fingerprint density at radius 3 is 2.50 bits per heavy atom. The van der Waals surface area contributed by atoms with Crippen molar-refractivity contribution < 1.29 is 4.74 Å². The molecule has 6 nitrogen and oxygen atoms in total. The molecule has 0 atom stereocenters. The van der Waals surface area contributed by atoms with Gasteiger partial charge in [0.2, 0.25) is 0 Å². The predicted molar refractivity (Wildman–Crippen MR) is 122 cm³/mol. The molecule has 0 saturated heterocycles. The third-order valence-electron chi connectivity index (χ3n) is 5.21. The number of nitrogens with two attached hydrogens (primary N) is 1. The standard InChI is InChI=1S/C24H25N5O/c1-4-29(15-17-5-7-21(30-3)8-6-17)24-11-23-19(13-28-24)9-18(12-27-23)22-10-20(25)14-26-16(22)2/h5-14H,4,15,25H2,1-3H3. The first kappa shape index (κ1) is 19.6. The van der Waals surface area contributed by atoms with Gasteiger partial charge in [-0.1, -0.05) is 12.1 Å². The maximum atomic E-state index is 5.92. The van der Waals surface area contributed by atoms with Crippen molar-refractivity contribution >= 4 is 22.4 Å². The summed E-state index contributed by atoms with van der Waals surface area (Å²) in [5.74, 6) is 1.76. The summed E-state index contributed by atoms with van der Waals surface area (Å²) in [6.07, 6.45) is 5.42. The second kappa shape index (κ2) is 8.37. The van der Waals surface area contributed by atoms with Crippen LogP contribution in [-0.4, -0.2) is 28.6 Å². The monoisotopic (exact) mass is 399 g/mol. The largest absolute Gasteiger partial charge is 0.497 e. The number of anilines is 2. The molecule has 0 unspecified atom stereocenters. The van der Waals surface area contributed by atoms with Crippen LogP contribution in [0.15, 0.2) is 61.1 Å². The first-order chi connectivity index (χ1) is 14.6. The molecule has 0 bridgehead atoms. The number of ether oxygens (including phenoxy) is 1. The number of fused-ring (bicyclic) bond motifs is 1. The van der Waals surface area contributed by atoms with Gasteiger partial charge < -0.3 is 15.4 Å². The molecule has 0 fully saturated rings. The van der Waals surface area contributed by atoms with E-state index < -0.39 is 0 Å². The second-order valence-electron chi connectivity index (χ2n) is 7.22. The molecule has 0 aliphatic heterocycles. The van der Waals surface area contributed by atoms with Gasteiger partial charge in [0.1, 0.15) is 11.6 Å². The summed E-state index contributed by atoms with van der Waals surface area (Å²) < 4.78 is 5.24. The molecule has 30 heavy (non-hydrogen) atoms. The zero-order chi connectivity index (χ0) is 21.1. The number of nitrogen functional groups attached to an aromatic ring is 1. The smallest absolute Gasteiger partial charge is 0.130 e. The van der Waals surface area contributed by atoms with Crippen LogP contribution in [0.1, 0.15) is 18.2 Å². The van der Waals surface area contributed by atoms with Crippen LogP contribution in [0.4, 0.5) is 11.5 Å². The molecule has 3 aromatic heterocycles. The highest BCUT2D eigenvalue weighted by atomic mass is 16.5. The Balaban J connectivity index is 1.62. The summed E-state index contributed by atoms with van der Waals surface area (Å²) in [7, 11) is 1.68. The number of hydrogen-bond donors (Lipinski definition) is 1. The highest BCUT2D eigenvalue weighted by Gasteiger charge is 2.11. The Bertz CT molecular complexity index is 1170. The van der Waals surface area contributed by atoms with E-state index in [0.717, 1.165) is 52.4 Å². The molecule has 0 spiro atoms. The van der Waals surface area contributed by atoms with Crippen molar-refractivity contribution in [2.24, 2.45) is 0 Å². The van der Waals surface area contributed by atoms with Gasteiger partial charge in [-0.2, -0.15) is 0 Å². The van der Waals surface area contributed by atoms with Gasteiger partial charge in [0.05, 0.1) is 24.5 Å². The summed E-state index contributed by atoms with van der Waals surface area (Å²) in [4.78, 5) is 16.0. The molecule has 0 radical (unpaired) electrons. The van der Waals surface area contributed by atoms with Gasteiger partial charge in [0, 0.05) is 53.8 Å². The molecule has 0 aliphatic rings. The van der Waals surface area contributed by atoms with Crippen LogP contribution in [0.25, 0.3) is 22.0 Å². The molecule has 0 saturated carbocycles. The lowest BCUT2D eigenvalue weighted by Gasteiger charge is -2.22. The molecule has 1 aromatic carbocycles. The quantitative estimate of drug-likeness (QED) is 0.510. The SMILES string of the molecule is CCN(Cc1ccc(OC)cc1)c1cc2ncc(-c3cc(N)cnc3C)cc2cn1. The Kier molecular flexibility index (Phi) is 5.48. The Morgan fingerprint density at radius 1 is 0.967 bits per heavy atom. The first-order valence-electron chi connectivity index (χ1n) is 9.93. The number of hydrogen-bond acceptors (Lipinski definition) is 6. The third-order valence-corrected chi connectivity index (χ3v) is 5.21. The molecule has 6 heteroatoms. The molecule has 4 rings (SSSR count). The zero-order valence-corrected chi connectivity index (χ0v) is 17.5. The second-order valence-corrected chi connectivity index (χ2v) is 7.22. The van der Waals surface area contributed by atoms with Crippen molar-refractivity contribution in [3.8, 4) is 16.9 Å². The maximum Gasteiger partial charge on any atom is 0.130 e. The Morgan fingerprint density at radius 2 is 1.77 bits per heavy atom. The van der Waals surface area contributed by atoms with Gasteiger partial charge in [-0.05, 0) is 43.7 Å². The predicted octanol–water partition coefficient (Wildman–Crippen LogP) is 4.62. The third kappa shape index (κ3) is 4.03. The van der Waals surface area contributed by atoms with E-state index in [-0.39, 0.29) is 0 Å². The molecular formula is C24H25N5O. The molecule has 0 aliphatic carbocycles. The molecular weight excluding hydrogens is 374 g/mol. The number of methoxy groups -OCH3 is 1. The summed E-state index contributed by atoms with van der Waals surface area (Å²) in [5, 5.41) is 0.985. The van der Waals surface area contributed by atoms with Crippen LogP contribution in [-0.2, 0) is 6.54 Å². The van der Waals surface area contributed by atoms with Crippen molar-refractivity contribution in [1.82, 2.24) is 15.0 Å². The van der Waals surface area contributed by atoms with Crippen LogP contribution < -0.4 is 15.4 Å². The summed E-state index contributed by atoms with van der Waals surface area (Å²) in [5.41, 5.74) is 11.6. The minimum Gasteiger partial charge on any atom is -0.497 e. The van der Waals surface area contributed by atoms with Crippen LogP contribution in [0.3, 0.4) is 0 Å². The number of aromatic nitrogens is 3. The van der Waals surface area contributed by atoms with Crippen molar-refractivity contribution in [1.29, 1.82) is 0 Å². The van der Waals surface area contributed by atoms with E-state index in [1.54, 1.807) is 13.3 Å². The summed E-state index contributed by atoms with van der Waals surface area (Å²) in [6.45, 7) is 5.71. The lowest BCUT2D eigenvalue weighted by atomic mass is 10.0. The Hall–Kier alpha value is -3.67. The number of rotatable bonds is 6. The lowest BCUT2D eigenvalue weighted by Crippen LogP contribution is -2.23. The highest BCUT2D eigenvalue weighted by molar-refractivity contribution is 5.85. The van der Waals surface area contributed by atoms with Crippen molar-refractivity contribution in [2.75, 3.05) is 24.3 Å². The lowest BCUT2D eigenvalue weighted by molar-refractivity contribution is 0.414. The van der Waals surface area contributed by atoms with Crippen molar-refractivity contribution in [3.05, 3.63) is 72.3 Å². The van der Waals surface area contributed by atoms with Gasteiger partial charge in [0.25, 0.3) is 0 Å². The number of pyridine rings is 3. The zero-order valence-electron chi connectivity index (χ0n) is 17.5. The van der Waals surface area contributed by atoms with Gasteiger partial charge in [-0.25, -0.2) is 4.98 Å². The van der Waals surface area contributed by atoms with E-state index in [4.69, 9.17) is 15.5 Å². The number of benzene rings is 1. The van der Waals surface area contributed by atoms with E-state index >= 15 is 0 Å².